The molecule has 3 N–H and O–H groups in total. The van der Waals surface area contributed by atoms with Crippen LogP contribution >= 0.6 is 39.9 Å². The molecule has 1 aromatic rings. The van der Waals surface area contributed by atoms with Crippen LogP contribution < -0.4 is 10.6 Å². The van der Waals surface area contributed by atoms with Crippen molar-refractivity contribution in [3.63, 3.8) is 0 Å². The second kappa shape index (κ2) is 13.8. The van der Waals surface area contributed by atoms with Crippen molar-refractivity contribution in [1.82, 2.24) is 10.6 Å². The highest BCUT2D eigenvalue weighted by atomic mass is 127. The highest BCUT2D eigenvalue weighted by Crippen LogP contribution is 2.18. The van der Waals surface area contributed by atoms with Crippen molar-refractivity contribution >= 4 is 45.9 Å². The van der Waals surface area contributed by atoms with Crippen LogP contribution in [0, 0.1) is 11.7 Å². The largest absolute Gasteiger partial charge is 0.396 e. The van der Waals surface area contributed by atoms with Crippen LogP contribution in [0.5, 0.6) is 0 Å². The summed E-state index contributed by atoms with van der Waals surface area (Å²) < 4.78 is 14.2. The van der Waals surface area contributed by atoms with Crippen molar-refractivity contribution in [1.29, 1.82) is 0 Å². The molecular weight excluding hydrogens is 488 g/mol. The van der Waals surface area contributed by atoms with E-state index in [1.165, 1.54) is 12.1 Å². The van der Waals surface area contributed by atoms with Gasteiger partial charge in [-0.25, -0.2) is 9.38 Å². The Hall–Kier alpha value is -0.410. The van der Waals surface area contributed by atoms with Crippen LogP contribution in [0.4, 0.5) is 4.39 Å². The predicted octanol–water partition coefficient (Wildman–Crippen LogP) is 4.06. The van der Waals surface area contributed by atoms with Gasteiger partial charge in [0.05, 0.1) is 6.54 Å². The molecule has 138 valence electrons. The Morgan fingerprint density at radius 3 is 2.67 bits per heavy atom. The van der Waals surface area contributed by atoms with Gasteiger partial charge in [-0.3, -0.25) is 0 Å². The number of hydrogen-bond acceptors (Lipinski definition) is 2. The van der Waals surface area contributed by atoms with Crippen LogP contribution in [0.1, 0.15) is 38.7 Å². The number of nitrogens with zero attached hydrogens (tertiary/aromatic N) is 1. The lowest BCUT2D eigenvalue weighted by Crippen LogP contribution is -2.40. The van der Waals surface area contributed by atoms with Crippen molar-refractivity contribution in [2.24, 2.45) is 10.9 Å². The number of aliphatic hydroxyl groups is 1. The van der Waals surface area contributed by atoms with Crippen LogP contribution in [-0.4, -0.2) is 30.8 Å². The zero-order valence-corrected chi connectivity index (χ0v) is 18.2. The molecule has 0 fully saturated rings. The Balaban J connectivity index is 0.00000529. The molecule has 24 heavy (non-hydrogen) atoms. The number of hydrogen-bond donors (Lipinski definition) is 3. The molecule has 0 aromatic heterocycles. The Kier molecular flexibility index (Phi) is 13.6. The number of guanidine groups is 1. The average molecular weight is 516 g/mol. The van der Waals surface area contributed by atoms with E-state index in [1.54, 1.807) is 6.07 Å². The minimum Gasteiger partial charge on any atom is -0.396 e. The molecule has 0 amide bonds. The Labute approximate surface area is 169 Å². The standard InChI is InChI=1S/C17H27BrFN3O.HI/c1-3-5-13(8-9-23)11-21-17(20-4-2)22-12-14-10-15(19)6-7-16(14)18;/h6-7,10,13,23H,3-5,8-9,11-12H2,1-2H3,(H2,20,21,22);1H. The molecule has 7 heteroatoms. The van der Waals surface area contributed by atoms with E-state index in [0.717, 1.165) is 42.4 Å². The zero-order valence-electron chi connectivity index (χ0n) is 14.3. The molecule has 0 heterocycles. The normalized spacial score (nSPS) is 12.5. The first-order valence-electron chi connectivity index (χ1n) is 8.17. The molecule has 1 atom stereocenters. The van der Waals surface area contributed by atoms with Gasteiger partial charge in [-0.15, -0.1) is 24.0 Å². The Morgan fingerprint density at radius 2 is 2.04 bits per heavy atom. The highest BCUT2D eigenvalue weighted by Gasteiger charge is 2.08. The van der Waals surface area contributed by atoms with E-state index >= 15 is 0 Å². The third kappa shape index (κ3) is 9.17. The number of nitrogens with one attached hydrogen (secondary N) is 2. The molecule has 0 radical (unpaired) electrons. The fraction of sp³-hybridized carbons (Fsp3) is 0.588. The van der Waals surface area contributed by atoms with Gasteiger partial charge in [0, 0.05) is 24.2 Å². The molecule has 0 aliphatic carbocycles. The molecule has 0 aliphatic heterocycles. The van der Waals surface area contributed by atoms with Gasteiger partial charge in [0.25, 0.3) is 0 Å². The van der Waals surface area contributed by atoms with Crippen LogP contribution in [0.3, 0.4) is 0 Å². The van der Waals surface area contributed by atoms with Crippen molar-refractivity contribution in [3.8, 4) is 0 Å². The number of aliphatic imine (C=N–C) groups is 1. The maximum absolute atomic E-state index is 13.3. The third-order valence-corrected chi connectivity index (χ3v) is 4.33. The third-order valence-electron chi connectivity index (χ3n) is 3.55. The topological polar surface area (TPSA) is 56.6 Å². The van der Waals surface area contributed by atoms with Crippen LogP contribution in [-0.2, 0) is 6.54 Å². The summed E-state index contributed by atoms with van der Waals surface area (Å²) in [5.74, 6) is 0.875. The maximum atomic E-state index is 13.3. The molecule has 1 rings (SSSR count). The van der Waals surface area contributed by atoms with E-state index in [2.05, 4.69) is 38.5 Å². The fourth-order valence-corrected chi connectivity index (χ4v) is 2.72. The molecule has 0 aliphatic rings. The summed E-state index contributed by atoms with van der Waals surface area (Å²) in [7, 11) is 0. The lowest BCUT2D eigenvalue weighted by Gasteiger charge is -2.18. The van der Waals surface area contributed by atoms with Crippen LogP contribution in [0.15, 0.2) is 27.7 Å². The van der Waals surface area contributed by atoms with E-state index in [-0.39, 0.29) is 36.4 Å². The molecule has 0 saturated heterocycles. The molecule has 0 saturated carbocycles. The lowest BCUT2D eigenvalue weighted by molar-refractivity contribution is 0.251. The summed E-state index contributed by atoms with van der Waals surface area (Å²) in [5, 5.41) is 15.6. The number of halogens is 3. The second-order valence-electron chi connectivity index (χ2n) is 5.48. The summed E-state index contributed by atoms with van der Waals surface area (Å²) in [6.07, 6.45) is 2.95. The minimum atomic E-state index is -0.262. The van der Waals surface area contributed by atoms with Gasteiger partial charge in [-0.2, -0.15) is 0 Å². The first kappa shape index (κ1) is 23.6. The first-order valence-corrected chi connectivity index (χ1v) is 8.96. The Morgan fingerprint density at radius 1 is 1.29 bits per heavy atom. The van der Waals surface area contributed by atoms with E-state index in [0.29, 0.717) is 18.4 Å². The van der Waals surface area contributed by atoms with Crippen molar-refractivity contribution in [2.45, 2.75) is 39.7 Å². The van der Waals surface area contributed by atoms with E-state index in [1.807, 2.05) is 6.92 Å². The molecular formula is C17H28BrFIN3O. The van der Waals surface area contributed by atoms with Gasteiger partial charge in [0.1, 0.15) is 5.82 Å². The summed E-state index contributed by atoms with van der Waals surface area (Å²) in [6, 6.07) is 4.60. The van der Waals surface area contributed by atoms with Crippen LogP contribution in [0.25, 0.3) is 0 Å². The molecule has 0 spiro atoms. The second-order valence-corrected chi connectivity index (χ2v) is 6.33. The maximum Gasteiger partial charge on any atom is 0.191 e. The summed E-state index contributed by atoms with van der Waals surface area (Å²) in [4.78, 5) is 4.51. The fourth-order valence-electron chi connectivity index (χ4n) is 2.35. The van der Waals surface area contributed by atoms with Gasteiger partial charge in [-0.05, 0) is 49.4 Å². The van der Waals surface area contributed by atoms with Gasteiger partial charge in [0.15, 0.2) is 5.96 Å². The van der Waals surface area contributed by atoms with Crippen molar-refractivity contribution in [3.05, 3.63) is 34.1 Å². The number of rotatable bonds is 9. The molecule has 0 bridgehead atoms. The Bertz CT molecular complexity index is 497. The summed E-state index contributed by atoms with van der Waals surface area (Å²) in [6.45, 7) is 6.28. The van der Waals surface area contributed by atoms with Gasteiger partial charge in [0.2, 0.25) is 0 Å². The summed E-state index contributed by atoms with van der Waals surface area (Å²) >= 11 is 3.42. The first-order chi connectivity index (χ1) is 11.1. The number of benzene rings is 1. The summed E-state index contributed by atoms with van der Waals surface area (Å²) in [5.41, 5.74) is 0.808. The SMILES string of the molecule is CCCC(CCO)CNC(=NCc1cc(F)ccc1Br)NCC.I. The van der Waals surface area contributed by atoms with Gasteiger partial charge in [-0.1, -0.05) is 29.3 Å². The van der Waals surface area contributed by atoms with Crippen molar-refractivity contribution in [2.75, 3.05) is 19.7 Å². The average Bonchev–Trinajstić information content (AvgIpc) is 2.53. The lowest BCUT2D eigenvalue weighted by atomic mass is 10.0. The quantitative estimate of drug-likeness (QED) is 0.264. The smallest absolute Gasteiger partial charge is 0.191 e. The zero-order chi connectivity index (χ0) is 17.1. The minimum absolute atomic E-state index is 0. The van der Waals surface area contributed by atoms with Crippen molar-refractivity contribution < 1.29 is 9.50 Å². The van der Waals surface area contributed by atoms with Crippen LogP contribution in [0.2, 0.25) is 0 Å². The molecule has 1 aromatic carbocycles. The monoisotopic (exact) mass is 515 g/mol. The predicted molar refractivity (Wildman–Crippen MR) is 112 cm³/mol. The molecule has 1 unspecified atom stereocenters. The van der Waals surface area contributed by atoms with Gasteiger partial charge >= 0.3 is 0 Å². The molecule has 4 nitrogen and oxygen atoms in total. The van der Waals surface area contributed by atoms with E-state index < -0.39 is 0 Å². The highest BCUT2D eigenvalue weighted by molar-refractivity contribution is 14.0. The number of aliphatic hydroxyl groups excluding tert-OH is 1. The van der Waals surface area contributed by atoms with E-state index in [9.17, 15) is 4.39 Å². The van der Waals surface area contributed by atoms with E-state index in [4.69, 9.17) is 5.11 Å². The van der Waals surface area contributed by atoms with Gasteiger partial charge < -0.3 is 15.7 Å².